The predicted octanol–water partition coefficient (Wildman–Crippen LogP) is 2.31. The molecule has 0 saturated heterocycles. The van der Waals surface area contributed by atoms with Gasteiger partial charge in [0, 0.05) is 5.56 Å². The molecular weight excluding hydrogens is 302 g/mol. The van der Waals surface area contributed by atoms with Gasteiger partial charge < -0.3 is 14.8 Å². The molecule has 114 valence electrons. The van der Waals surface area contributed by atoms with Crippen molar-refractivity contribution in [3.05, 3.63) is 33.6 Å². The first-order chi connectivity index (χ1) is 10.5. The summed E-state index contributed by atoms with van der Waals surface area (Å²) in [7, 11) is 1.45. The van der Waals surface area contributed by atoms with Gasteiger partial charge in [0.05, 0.1) is 7.11 Å². The van der Waals surface area contributed by atoms with Crippen LogP contribution in [0.2, 0.25) is 0 Å². The van der Waals surface area contributed by atoms with Crippen molar-refractivity contribution >= 4 is 11.8 Å². The van der Waals surface area contributed by atoms with E-state index in [-0.39, 0.29) is 22.8 Å². The van der Waals surface area contributed by atoms with Crippen LogP contribution in [0.5, 0.6) is 11.5 Å². The summed E-state index contributed by atoms with van der Waals surface area (Å²) in [5.41, 5.74) is 0.706. The number of aromatic amines is 1. The van der Waals surface area contributed by atoms with Crippen LogP contribution in [0.4, 0.5) is 0 Å². The van der Waals surface area contributed by atoms with Gasteiger partial charge in [0.25, 0.3) is 5.56 Å². The number of rotatable bonds is 4. The van der Waals surface area contributed by atoms with Gasteiger partial charge in [-0.1, -0.05) is 18.7 Å². The van der Waals surface area contributed by atoms with Crippen LogP contribution in [-0.4, -0.2) is 28.4 Å². The summed E-state index contributed by atoms with van der Waals surface area (Å²) in [5, 5.41) is 20.0. The van der Waals surface area contributed by atoms with Gasteiger partial charge in [-0.05, 0) is 30.4 Å². The largest absolute Gasteiger partial charge is 0.504 e. The minimum atomic E-state index is -0.530. The molecule has 0 saturated carbocycles. The number of thioether (sulfide) groups is 1. The normalized spacial score (nSPS) is 10.3. The summed E-state index contributed by atoms with van der Waals surface area (Å²) in [6.07, 6.45) is 2.47. The van der Waals surface area contributed by atoms with Crippen molar-refractivity contribution in [1.29, 1.82) is 5.26 Å². The molecule has 0 amide bonds. The number of benzene rings is 1. The van der Waals surface area contributed by atoms with Crippen molar-refractivity contribution in [2.45, 2.75) is 18.5 Å². The van der Waals surface area contributed by atoms with Crippen LogP contribution < -0.4 is 10.3 Å². The number of aryl methyl sites for hydroxylation is 1. The summed E-state index contributed by atoms with van der Waals surface area (Å²) in [6, 6.07) is 5.28. The van der Waals surface area contributed by atoms with Crippen LogP contribution in [0, 0.1) is 11.3 Å². The lowest BCUT2D eigenvalue weighted by molar-refractivity contribution is 0.374. The SMILES string of the molecule is CCc1cc(OC)c(O)c(-c2nc(SC)[nH]c(=O)c2C#N)c1. The molecule has 0 radical (unpaired) electrons. The van der Waals surface area contributed by atoms with Crippen molar-refractivity contribution in [2.24, 2.45) is 0 Å². The van der Waals surface area contributed by atoms with Crippen LogP contribution in [0.25, 0.3) is 11.3 Å². The number of H-pyrrole nitrogens is 1. The first-order valence-corrected chi connectivity index (χ1v) is 7.76. The monoisotopic (exact) mass is 317 g/mol. The zero-order valence-corrected chi connectivity index (χ0v) is 13.2. The smallest absolute Gasteiger partial charge is 0.270 e. The molecule has 2 N–H and O–H groups in total. The third-order valence-corrected chi connectivity index (χ3v) is 3.80. The average Bonchev–Trinajstić information content (AvgIpc) is 2.54. The number of phenolic OH excluding ortho intramolecular Hbond substituents is 1. The molecule has 2 rings (SSSR count). The van der Waals surface area contributed by atoms with Crippen molar-refractivity contribution in [1.82, 2.24) is 9.97 Å². The zero-order chi connectivity index (χ0) is 16.3. The fourth-order valence-corrected chi connectivity index (χ4v) is 2.43. The highest BCUT2D eigenvalue weighted by molar-refractivity contribution is 7.98. The molecule has 0 aliphatic carbocycles. The number of phenols is 1. The van der Waals surface area contributed by atoms with Gasteiger partial charge in [-0.2, -0.15) is 5.26 Å². The second-order valence-corrected chi connectivity index (χ2v) is 5.25. The molecule has 1 heterocycles. The zero-order valence-electron chi connectivity index (χ0n) is 12.4. The molecule has 6 nitrogen and oxygen atoms in total. The standard InChI is InChI=1S/C15H15N3O3S/c1-4-8-5-9(13(19)11(6-8)21-2)12-10(7-16)14(20)18-15(17-12)22-3/h5-6,19H,4H2,1-3H3,(H,17,18,20). The molecular formula is C15H15N3O3S. The first kappa shape index (κ1) is 15.9. The lowest BCUT2D eigenvalue weighted by Gasteiger charge is -2.12. The Labute approximate surface area is 131 Å². The van der Waals surface area contributed by atoms with Crippen LogP contribution >= 0.6 is 11.8 Å². The van der Waals surface area contributed by atoms with Crippen molar-refractivity contribution in [2.75, 3.05) is 13.4 Å². The molecule has 0 fully saturated rings. The highest BCUT2D eigenvalue weighted by Gasteiger charge is 2.19. The topological polar surface area (TPSA) is 99.0 Å². The first-order valence-electron chi connectivity index (χ1n) is 6.54. The summed E-state index contributed by atoms with van der Waals surface area (Å²) in [6.45, 7) is 1.96. The minimum Gasteiger partial charge on any atom is -0.504 e. The maximum atomic E-state index is 12.0. The number of hydrogen-bond donors (Lipinski definition) is 2. The number of nitriles is 1. The fraction of sp³-hybridized carbons (Fsp3) is 0.267. The molecule has 0 aliphatic rings. The van der Waals surface area contributed by atoms with Crippen LogP contribution in [0.15, 0.2) is 22.1 Å². The maximum absolute atomic E-state index is 12.0. The molecule has 7 heteroatoms. The molecule has 0 spiro atoms. The van der Waals surface area contributed by atoms with E-state index in [0.717, 1.165) is 5.56 Å². The molecule has 1 aromatic heterocycles. The van der Waals surface area contributed by atoms with Crippen LogP contribution in [0.3, 0.4) is 0 Å². The van der Waals surface area contributed by atoms with Gasteiger partial charge in [-0.15, -0.1) is 0 Å². The Morgan fingerprint density at radius 2 is 2.23 bits per heavy atom. The van der Waals surface area contributed by atoms with E-state index in [0.29, 0.717) is 17.1 Å². The Kier molecular flexibility index (Phi) is 4.73. The van der Waals surface area contributed by atoms with E-state index in [4.69, 9.17) is 4.74 Å². The molecule has 0 aliphatic heterocycles. The van der Waals surface area contributed by atoms with Crippen molar-refractivity contribution in [3.63, 3.8) is 0 Å². The number of nitrogens with zero attached hydrogens (tertiary/aromatic N) is 2. The van der Waals surface area contributed by atoms with E-state index >= 15 is 0 Å². The average molecular weight is 317 g/mol. The van der Waals surface area contributed by atoms with E-state index in [2.05, 4.69) is 9.97 Å². The number of aromatic nitrogens is 2. The number of aromatic hydroxyl groups is 1. The van der Waals surface area contributed by atoms with Crippen LogP contribution in [0.1, 0.15) is 18.1 Å². The Balaban J connectivity index is 2.84. The number of methoxy groups -OCH3 is 1. The van der Waals surface area contributed by atoms with E-state index in [9.17, 15) is 15.2 Å². The second kappa shape index (κ2) is 6.54. The maximum Gasteiger partial charge on any atom is 0.270 e. The lowest BCUT2D eigenvalue weighted by atomic mass is 10.0. The number of nitrogens with one attached hydrogen (secondary N) is 1. The number of ether oxygens (including phenoxy) is 1. The lowest BCUT2D eigenvalue weighted by Crippen LogP contribution is -2.14. The van der Waals surface area contributed by atoms with E-state index < -0.39 is 5.56 Å². The Bertz CT molecular complexity index is 809. The Morgan fingerprint density at radius 1 is 1.50 bits per heavy atom. The third kappa shape index (κ3) is 2.78. The second-order valence-electron chi connectivity index (χ2n) is 4.46. The summed E-state index contributed by atoms with van der Waals surface area (Å²) in [5.74, 6) is 0.146. The highest BCUT2D eigenvalue weighted by atomic mass is 32.2. The number of hydrogen-bond acceptors (Lipinski definition) is 6. The summed E-state index contributed by atoms with van der Waals surface area (Å²) < 4.78 is 5.16. The van der Waals surface area contributed by atoms with Gasteiger partial charge in [-0.25, -0.2) is 4.98 Å². The van der Waals surface area contributed by atoms with Gasteiger partial charge in [0.2, 0.25) is 0 Å². The Morgan fingerprint density at radius 3 is 2.77 bits per heavy atom. The van der Waals surface area contributed by atoms with Crippen molar-refractivity contribution in [3.8, 4) is 28.8 Å². The third-order valence-electron chi connectivity index (χ3n) is 3.22. The highest BCUT2D eigenvalue weighted by Crippen LogP contribution is 2.38. The molecule has 0 atom stereocenters. The quantitative estimate of drug-likeness (QED) is 0.663. The van der Waals surface area contributed by atoms with Crippen LogP contribution in [-0.2, 0) is 6.42 Å². The molecule has 1 aromatic carbocycles. The predicted molar refractivity (Wildman–Crippen MR) is 84.4 cm³/mol. The molecule has 2 aromatic rings. The molecule has 0 bridgehead atoms. The van der Waals surface area contributed by atoms with E-state index in [1.54, 1.807) is 18.4 Å². The minimum absolute atomic E-state index is 0.136. The summed E-state index contributed by atoms with van der Waals surface area (Å²) >= 11 is 1.25. The van der Waals surface area contributed by atoms with E-state index in [1.165, 1.54) is 18.9 Å². The van der Waals surface area contributed by atoms with Gasteiger partial charge in [0.1, 0.15) is 17.3 Å². The van der Waals surface area contributed by atoms with Crippen molar-refractivity contribution < 1.29 is 9.84 Å². The van der Waals surface area contributed by atoms with Gasteiger partial charge in [0.15, 0.2) is 16.7 Å². The van der Waals surface area contributed by atoms with E-state index in [1.807, 2.05) is 13.0 Å². The molecule has 22 heavy (non-hydrogen) atoms. The summed E-state index contributed by atoms with van der Waals surface area (Å²) in [4.78, 5) is 18.8. The van der Waals surface area contributed by atoms with Gasteiger partial charge in [-0.3, -0.25) is 4.79 Å². The fourth-order valence-electron chi connectivity index (χ4n) is 2.05. The van der Waals surface area contributed by atoms with Gasteiger partial charge >= 0.3 is 0 Å². The Hall–Kier alpha value is -2.46. The molecule has 0 unspecified atom stereocenters.